The lowest BCUT2D eigenvalue weighted by molar-refractivity contribution is -0.384. The summed E-state index contributed by atoms with van der Waals surface area (Å²) in [5.41, 5.74) is 3.06. The van der Waals surface area contributed by atoms with E-state index in [9.17, 15) is 19.7 Å². The summed E-state index contributed by atoms with van der Waals surface area (Å²) in [5.74, 6) is -1.18. The number of benzene rings is 3. The molecule has 0 aromatic heterocycles. The van der Waals surface area contributed by atoms with Crippen LogP contribution in [0.5, 0.6) is 0 Å². The zero-order chi connectivity index (χ0) is 21.5. The first-order valence-electron chi connectivity index (χ1n) is 9.28. The number of hydrogen-bond acceptors (Lipinski definition) is 5. The number of ether oxygens (including phenoxy) is 1. The molecule has 3 aromatic carbocycles. The molecule has 7 heteroatoms. The Kier molecular flexibility index (Phi) is 6.54. The highest BCUT2D eigenvalue weighted by Crippen LogP contribution is 2.22. The Hall–Kier alpha value is -4.00. The first-order chi connectivity index (χ1) is 14.4. The summed E-state index contributed by atoms with van der Waals surface area (Å²) in [6.07, 6.45) is 0.561. The van der Waals surface area contributed by atoms with Gasteiger partial charge in [0.25, 0.3) is 11.6 Å². The fourth-order valence-corrected chi connectivity index (χ4v) is 2.94. The lowest BCUT2D eigenvalue weighted by atomic mass is 10.00. The van der Waals surface area contributed by atoms with Crippen LogP contribution in [0.3, 0.4) is 0 Å². The molecule has 0 saturated heterocycles. The number of carbonyl (C=O) groups is 2. The maximum atomic E-state index is 12.5. The van der Waals surface area contributed by atoms with E-state index < -0.39 is 23.4 Å². The second kappa shape index (κ2) is 9.47. The second-order valence-corrected chi connectivity index (χ2v) is 6.70. The normalized spacial score (nSPS) is 10.3. The van der Waals surface area contributed by atoms with E-state index in [-0.39, 0.29) is 5.69 Å². The number of rotatable bonds is 7. The van der Waals surface area contributed by atoms with Crippen LogP contribution in [0.25, 0.3) is 0 Å². The first kappa shape index (κ1) is 20.7. The van der Waals surface area contributed by atoms with Gasteiger partial charge in [0.15, 0.2) is 6.61 Å². The van der Waals surface area contributed by atoms with Crippen LogP contribution in [-0.2, 0) is 16.0 Å². The van der Waals surface area contributed by atoms with Crippen molar-refractivity contribution in [3.8, 4) is 0 Å². The lowest BCUT2D eigenvalue weighted by Gasteiger charge is -2.11. The van der Waals surface area contributed by atoms with Crippen molar-refractivity contribution in [2.75, 3.05) is 11.9 Å². The number of esters is 1. The van der Waals surface area contributed by atoms with Gasteiger partial charge in [-0.25, -0.2) is 4.79 Å². The van der Waals surface area contributed by atoms with E-state index in [1.807, 2.05) is 42.5 Å². The summed E-state index contributed by atoms with van der Waals surface area (Å²) in [4.78, 5) is 35.1. The minimum absolute atomic E-state index is 0.136. The van der Waals surface area contributed by atoms with Crippen LogP contribution in [0.1, 0.15) is 27.0 Å². The Morgan fingerprint density at radius 3 is 2.43 bits per heavy atom. The molecule has 1 amide bonds. The Balaban J connectivity index is 1.64. The fourth-order valence-electron chi connectivity index (χ4n) is 2.94. The third-order valence-corrected chi connectivity index (χ3v) is 4.52. The molecular weight excluding hydrogens is 384 g/mol. The van der Waals surface area contributed by atoms with Crippen LogP contribution in [0.15, 0.2) is 72.8 Å². The molecule has 7 nitrogen and oxygen atoms in total. The second-order valence-electron chi connectivity index (χ2n) is 6.70. The number of hydrogen-bond donors (Lipinski definition) is 1. The smallest absolute Gasteiger partial charge is 0.338 e. The molecule has 3 rings (SSSR count). The summed E-state index contributed by atoms with van der Waals surface area (Å²) >= 11 is 0. The number of aryl methyl sites for hydroxylation is 1. The van der Waals surface area contributed by atoms with Crippen LogP contribution < -0.4 is 5.32 Å². The van der Waals surface area contributed by atoms with Crippen molar-refractivity contribution in [2.24, 2.45) is 0 Å². The molecule has 0 aliphatic carbocycles. The van der Waals surface area contributed by atoms with Crippen molar-refractivity contribution in [2.45, 2.75) is 13.3 Å². The maximum absolute atomic E-state index is 12.5. The quantitative estimate of drug-likeness (QED) is 0.360. The van der Waals surface area contributed by atoms with Crippen LogP contribution >= 0.6 is 0 Å². The van der Waals surface area contributed by atoms with Crippen molar-refractivity contribution in [3.63, 3.8) is 0 Å². The number of non-ortho nitro benzene ring substituents is 1. The van der Waals surface area contributed by atoms with Crippen molar-refractivity contribution in [3.05, 3.63) is 105 Å². The predicted molar refractivity (Wildman–Crippen MR) is 112 cm³/mol. The highest BCUT2D eigenvalue weighted by atomic mass is 16.6. The molecule has 0 spiro atoms. The van der Waals surface area contributed by atoms with E-state index in [1.54, 1.807) is 25.1 Å². The molecule has 152 valence electrons. The van der Waals surface area contributed by atoms with E-state index in [4.69, 9.17) is 4.74 Å². The largest absolute Gasteiger partial charge is 0.452 e. The number of nitrogens with zero attached hydrogens (tertiary/aromatic N) is 1. The third kappa shape index (κ3) is 5.29. The topological polar surface area (TPSA) is 98.5 Å². The number of nitro benzene ring substituents is 1. The summed E-state index contributed by atoms with van der Waals surface area (Å²) in [6.45, 7) is 1.21. The molecule has 0 saturated carbocycles. The molecule has 0 fully saturated rings. The van der Waals surface area contributed by atoms with Gasteiger partial charge in [0.1, 0.15) is 0 Å². The average Bonchev–Trinajstić information content (AvgIpc) is 2.74. The number of nitrogens with one attached hydrogen (secondary N) is 1. The zero-order valence-corrected chi connectivity index (χ0v) is 16.3. The Morgan fingerprint density at radius 2 is 1.70 bits per heavy atom. The number of amides is 1. The van der Waals surface area contributed by atoms with Gasteiger partial charge < -0.3 is 10.1 Å². The van der Waals surface area contributed by atoms with E-state index >= 15 is 0 Å². The van der Waals surface area contributed by atoms with Gasteiger partial charge in [0.2, 0.25) is 0 Å². The molecule has 0 unspecified atom stereocenters. The Labute approximate surface area is 173 Å². The number of anilines is 1. The van der Waals surface area contributed by atoms with Gasteiger partial charge in [-0.15, -0.1) is 0 Å². The van der Waals surface area contributed by atoms with Gasteiger partial charge in [-0.3, -0.25) is 14.9 Å². The van der Waals surface area contributed by atoms with Crippen molar-refractivity contribution in [1.29, 1.82) is 0 Å². The standard InChI is InChI=1S/C23H20N2O5/c1-16-11-12-19(25(28)29)14-21(16)24-22(26)15-30-23(27)20-10-6-5-9-18(20)13-17-7-3-2-4-8-17/h2-12,14H,13,15H2,1H3,(H,24,26). The van der Waals surface area contributed by atoms with Crippen molar-refractivity contribution < 1.29 is 19.2 Å². The number of carbonyl (C=O) groups excluding carboxylic acids is 2. The van der Waals surface area contributed by atoms with Crippen molar-refractivity contribution >= 4 is 23.3 Å². The fraction of sp³-hybridized carbons (Fsp3) is 0.130. The molecule has 3 aromatic rings. The van der Waals surface area contributed by atoms with Crippen LogP contribution in [-0.4, -0.2) is 23.4 Å². The van der Waals surface area contributed by atoms with E-state index in [1.165, 1.54) is 12.1 Å². The molecular formula is C23H20N2O5. The molecule has 0 aliphatic heterocycles. The van der Waals surface area contributed by atoms with Crippen LogP contribution in [0.2, 0.25) is 0 Å². The third-order valence-electron chi connectivity index (χ3n) is 4.52. The Bertz CT molecular complexity index is 1080. The van der Waals surface area contributed by atoms with Gasteiger partial charge >= 0.3 is 5.97 Å². The lowest BCUT2D eigenvalue weighted by Crippen LogP contribution is -2.22. The highest BCUT2D eigenvalue weighted by Gasteiger charge is 2.16. The minimum atomic E-state index is -0.604. The van der Waals surface area contributed by atoms with Gasteiger partial charge in [0, 0.05) is 12.1 Å². The number of nitro groups is 1. The molecule has 0 radical (unpaired) electrons. The predicted octanol–water partition coefficient (Wildman–Crippen LogP) is 4.29. The van der Waals surface area contributed by atoms with Gasteiger partial charge in [-0.05, 0) is 36.1 Å². The highest BCUT2D eigenvalue weighted by molar-refractivity contribution is 5.96. The van der Waals surface area contributed by atoms with Crippen molar-refractivity contribution in [1.82, 2.24) is 0 Å². The van der Waals surface area contributed by atoms with Gasteiger partial charge in [-0.1, -0.05) is 54.6 Å². The molecule has 30 heavy (non-hydrogen) atoms. The SMILES string of the molecule is Cc1ccc([N+](=O)[O-])cc1NC(=O)COC(=O)c1ccccc1Cc1ccccc1. The summed E-state index contributed by atoms with van der Waals surface area (Å²) in [6, 6.07) is 21.0. The summed E-state index contributed by atoms with van der Waals surface area (Å²) < 4.78 is 5.17. The van der Waals surface area contributed by atoms with Crippen LogP contribution in [0.4, 0.5) is 11.4 Å². The van der Waals surface area contributed by atoms with E-state index in [0.29, 0.717) is 23.2 Å². The Morgan fingerprint density at radius 1 is 1.00 bits per heavy atom. The summed E-state index contributed by atoms with van der Waals surface area (Å²) in [7, 11) is 0. The monoisotopic (exact) mass is 404 g/mol. The van der Waals surface area contributed by atoms with Gasteiger partial charge in [-0.2, -0.15) is 0 Å². The van der Waals surface area contributed by atoms with Crippen LogP contribution in [0, 0.1) is 17.0 Å². The molecule has 1 N–H and O–H groups in total. The van der Waals surface area contributed by atoms with E-state index in [0.717, 1.165) is 11.1 Å². The first-order valence-corrected chi connectivity index (χ1v) is 9.28. The molecule has 0 atom stereocenters. The average molecular weight is 404 g/mol. The maximum Gasteiger partial charge on any atom is 0.338 e. The molecule has 0 heterocycles. The molecule has 0 bridgehead atoms. The van der Waals surface area contributed by atoms with Gasteiger partial charge in [0.05, 0.1) is 16.2 Å². The zero-order valence-electron chi connectivity index (χ0n) is 16.3. The molecule has 0 aliphatic rings. The van der Waals surface area contributed by atoms with E-state index in [2.05, 4.69) is 5.32 Å². The minimum Gasteiger partial charge on any atom is -0.452 e. The summed E-state index contributed by atoms with van der Waals surface area (Å²) in [5, 5.41) is 13.5.